The summed E-state index contributed by atoms with van der Waals surface area (Å²) in [6.07, 6.45) is 1.63. The molecule has 174 valence electrons. The summed E-state index contributed by atoms with van der Waals surface area (Å²) in [6, 6.07) is 8.40. The molecular weight excluding hydrogens is 422 g/mol. The van der Waals surface area contributed by atoms with Gasteiger partial charge < -0.3 is 15.1 Å². The molecule has 1 saturated heterocycles. The second-order valence-electron chi connectivity index (χ2n) is 8.88. The van der Waals surface area contributed by atoms with Gasteiger partial charge in [0.15, 0.2) is 0 Å². The van der Waals surface area contributed by atoms with Gasteiger partial charge in [0, 0.05) is 62.5 Å². The van der Waals surface area contributed by atoms with E-state index in [0.29, 0.717) is 29.1 Å². The Morgan fingerprint density at radius 3 is 2.28 bits per heavy atom. The average molecular weight is 458 g/mol. The standard InChI is InChI=1S/C24H35N5O2S/c1-17(2)29(18(3)4)11-10-25-22(30)21-16-26-23(32-21)19-6-8-20(9-7-19)24(31)28-14-12-27(5)13-15-28/h6-9,16-18H,10-15H2,1-5H3,(H,25,30). The number of rotatable bonds is 8. The van der Waals surface area contributed by atoms with Crippen molar-refractivity contribution in [3.05, 3.63) is 40.9 Å². The van der Waals surface area contributed by atoms with E-state index >= 15 is 0 Å². The number of nitrogens with zero attached hydrogens (tertiary/aromatic N) is 4. The minimum atomic E-state index is -0.0944. The van der Waals surface area contributed by atoms with Crippen LogP contribution in [0.25, 0.3) is 10.6 Å². The summed E-state index contributed by atoms with van der Waals surface area (Å²) in [5.74, 6) is -0.0243. The summed E-state index contributed by atoms with van der Waals surface area (Å²) in [5.41, 5.74) is 1.60. The van der Waals surface area contributed by atoms with Crippen molar-refractivity contribution in [2.24, 2.45) is 0 Å². The molecule has 1 aromatic heterocycles. The topological polar surface area (TPSA) is 68.8 Å². The molecule has 2 amide bonds. The molecule has 1 aromatic carbocycles. The number of benzene rings is 1. The number of nitrogens with one attached hydrogen (secondary N) is 1. The zero-order valence-corrected chi connectivity index (χ0v) is 20.6. The van der Waals surface area contributed by atoms with Gasteiger partial charge in [-0.15, -0.1) is 11.3 Å². The Kier molecular flexibility index (Phi) is 8.39. The van der Waals surface area contributed by atoms with Crippen LogP contribution in [0.1, 0.15) is 47.7 Å². The Balaban J connectivity index is 1.56. The minimum absolute atomic E-state index is 0.0701. The molecule has 0 unspecified atom stereocenters. The number of carbonyl (C=O) groups excluding carboxylic acids is 2. The first-order chi connectivity index (χ1) is 15.3. The summed E-state index contributed by atoms with van der Waals surface area (Å²) in [7, 11) is 2.07. The zero-order valence-electron chi connectivity index (χ0n) is 19.8. The lowest BCUT2D eigenvalue weighted by Gasteiger charge is -2.32. The lowest BCUT2D eigenvalue weighted by atomic mass is 10.1. The van der Waals surface area contributed by atoms with E-state index in [1.54, 1.807) is 6.20 Å². The molecule has 2 heterocycles. The van der Waals surface area contributed by atoms with Crippen LogP contribution in [0.3, 0.4) is 0 Å². The summed E-state index contributed by atoms with van der Waals surface area (Å²) in [5, 5.41) is 3.78. The smallest absolute Gasteiger partial charge is 0.263 e. The van der Waals surface area contributed by atoms with E-state index in [1.165, 1.54) is 11.3 Å². The maximum Gasteiger partial charge on any atom is 0.263 e. The molecule has 0 atom stereocenters. The van der Waals surface area contributed by atoms with E-state index in [1.807, 2.05) is 29.2 Å². The average Bonchev–Trinajstić information content (AvgIpc) is 3.26. The Morgan fingerprint density at radius 2 is 1.69 bits per heavy atom. The number of likely N-dealkylation sites (N-methyl/N-ethyl adjacent to an activating group) is 1. The van der Waals surface area contributed by atoms with E-state index < -0.39 is 0 Å². The Bertz CT molecular complexity index is 893. The van der Waals surface area contributed by atoms with Gasteiger partial charge in [0.1, 0.15) is 9.88 Å². The fourth-order valence-electron chi connectivity index (χ4n) is 3.96. The third kappa shape index (κ3) is 6.15. The zero-order chi connectivity index (χ0) is 23.3. The summed E-state index contributed by atoms with van der Waals surface area (Å²) < 4.78 is 0. The molecule has 32 heavy (non-hydrogen) atoms. The normalized spacial score (nSPS) is 15.1. The molecule has 0 saturated carbocycles. The van der Waals surface area contributed by atoms with E-state index in [-0.39, 0.29) is 11.8 Å². The van der Waals surface area contributed by atoms with Crippen molar-refractivity contribution < 1.29 is 9.59 Å². The number of aromatic nitrogens is 1. The van der Waals surface area contributed by atoms with Gasteiger partial charge in [-0.1, -0.05) is 12.1 Å². The highest BCUT2D eigenvalue weighted by atomic mass is 32.1. The van der Waals surface area contributed by atoms with E-state index in [2.05, 4.69) is 54.8 Å². The van der Waals surface area contributed by atoms with E-state index in [4.69, 9.17) is 0 Å². The molecule has 1 aliphatic heterocycles. The van der Waals surface area contributed by atoms with Gasteiger partial charge in [-0.05, 0) is 46.9 Å². The molecule has 0 radical (unpaired) electrons. The van der Waals surface area contributed by atoms with E-state index in [9.17, 15) is 9.59 Å². The Labute approximate surface area is 195 Å². The third-order valence-electron chi connectivity index (χ3n) is 5.88. The van der Waals surface area contributed by atoms with Crippen LogP contribution < -0.4 is 5.32 Å². The minimum Gasteiger partial charge on any atom is -0.350 e. The molecular formula is C24H35N5O2S. The Hall–Kier alpha value is -2.29. The fraction of sp³-hybridized carbons (Fsp3) is 0.542. The van der Waals surface area contributed by atoms with Gasteiger partial charge in [0.05, 0.1) is 6.20 Å². The van der Waals surface area contributed by atoms with Gasteiger partial charge in [-0.25, -0.2) is 4.98 Å². The van der Waals surface area contributed by atoms with Crippen LogP contribution in [-0.2, 0) is 0 Å². The van der Waals surface area contributed by atoms with Crippen LogP contribution in [0.2, 0.25) is 0 Å². The van der Waals surface area contributed by atoms with Crippen LogP contribution in [0.4, 0.5) is 0 Å². The molecule has 1 aliphatic rings. The van der Waals surface area contributed by atoms with Gasteiger partial charge >= 0.3 is 0 Å². The monoisotopic (exact) mass is 457 g/mol. The maximum atomic E-state index is 12.7. The van der Waals surface area contributed by atoms with Crippen molar-refractivity contribution >= 4 is 23.2 Å². The second kappa shape index (κ2) is 11.0. The van der Waals surface area contributed by atoms with E-state index in [0.717, 1.165) is 43.3 Å². The van der Waals surface area contributed by atoms with Crippen molar-refractivity contribution in [2.45, 2.75) is 39.8 Å². The number of piperazine rings is 1. The number of hydrogen-bond donors (Lipinski definition) is 1. The third-order valence-corrected chi connectivity index (χ3v) is 6.93. The van der Waals surface area contributed by atoms with Gasteiger partial charge in [-0.2, -0.15) is 0 Å². The van der Waals surface area contributed by atoms with Crippen molar-refractivity contribution in [3.8, 4) is 10.6 Å². The summed E-state index contributed by atoms with van der Waals surface area (Å²) >= 11 is 1.37. The predicted molar refractivity (Wildman–Crippen MR) is 130 cm³/mol. The van der Waals surface area contributed by atoms with Gasteiger partial charge in [0.2, 0.25) is 0 Å². The van der Waals surface area contributed by atoms with Crippen LogP contribution in [-0.4, -0.2) is 89.9 Å². The highest BCUT2D eigenvalue weighted by Crippen LogP contribution is 2.25. The summed E-state index contributed by atoms with van der Waals surface area (Å²) in [4.78, 5) is 36.8. The van der Waals surface area contributed by atoms with Crippen molar-refractivity contribution in [1.82, 2.24) is 25.0 Å². The van der Waals surface area contributed by atoms with Crippen LogP contribution in [0.15, 0.2) is 30.5 Å². The highest BCUT2D eigenvalue weighted by molar-refractivity contribution is 7.16. The van der Waals surface area contributed by atoms with Crippen LogP contribution >= 0.6 is 11.3 Å². The number of hydrogen-bond acceptors (Lipinski definition) is 6. The van der Waals surface area contributed by atoms with Crippen molar-refractivity contribution in [3.63, 3.8) is 0 Å². The molecule has 1 fully saturated rings. The molecule has 0 aliphatic carbocycles. The van der Waals surface area contributed by atoms with Crippen molar-refractivity contribution in [2.75, 3.05) is 46.3 Å². The number of thiazole rings is 1. The molecule has 8 heteroatoms. The highest BCUT2D eigenvalue weighted by Gasteiger charge is 2.20. The van der Waals surface area contributed by atoms with Crippen LogP contribution in [0.5, 0.6) is 0 Å². The second-order valence-corrected chi connectivity index (χ2v) is 9.91. The molecule has 2 aromatic rings. The number of carbonyl (C=O) groups is 2. The first-order valence-electron chi connectivity index (χ1n) is 11.3. The molecule has 3 rings (SSSR count). The van der Waals surface area contributed by atoms with Gasteiger partial charge in [0.25, 0.3) is 11.8 Å². The maximum absolute atomic E-state index is 12.7. The molecule has 1 N–H and O–H groups in total. The molecule has 7 nitrogen and oxygen atoms in total. The van der Waals surface area contributed by atoms with Gasteiger partial charge in [-0.3, -0.25) is 14.5 Å². The SMILES string of the molecule is CC(C)N(CCNC(=O)c1cnc(-c2ccc(C(=O)N3CCN(C)CC3)cc2)s1)C(C)C. The lowest BCUT2D eigenvalue weighted by Crippen LogP contribution is -2.47. The molecule has 0 spiro atoms. The first-order valence-corrected chi connectivity index (χ1v) is 12.2. The Morgan fingerprint density at radius 1 is 1.06 bits per heavy atom. The predicted octanol–water partition coefficient (Wildman–Crippen LogP) is 3.05. The largest absolute Gasteiger partial charge is 0.350 e. The summed E-state index contributed by atoms with van der Waals surface area (Å²) in [6.45, 7) is 13.4. The first kappa shape index (κ1) is 24.4. The quantitative estimate of drug-likeness (QED) is 0.660. The lowest BCUT2D eigenvalue weighted by molar-refractivity contribution is 0.0664. The van der Waals surface area contributed by atoms with Crippen LogP contribution in [0, 0.1) is 0 Å². The fourth-order valence-corrected chi connectivity index (χ4v) is 4.80. The van der Waals surface area contributed by atoms with Crippen molar-refractivity contribution in [1.29, 1.82) is 0 Å². The molecule has 0 bridgehead atoms. The number of amides is 2.